The van der Waals surface area contributed by atoms with Crippen LogP contribution in [0.5, 0.6) is 0 Å². The van der Waals surface area contributed by atoms with Gasteiger partial charge in [-0.15, -0.1) is 0 Å². The van der Waals surface area contributed by atoms with Crippen LogP contribution in [-0.2, 0) is 4.74 Å². The van der Waals surface area contributed by atoms with E-state index in [4.69, 9.17) is 4.74 Å². The van der Waals surface area contributed by atoms with Gasteiger partial charge in [0.1, 0.15) is 0 Å². The lowest BCUT2D eigenvalue weighted by molar-refractivity contribution is -0.0245. The molecule has 1 atom stereocenters. The SMILES string of the molecule is Cc1cccc(NCC(O)COC2CCC(C)CC2)c1Br. The Morgan fingerprint density at radius 2 is 2.05 bits per heavy atom. The Balaban J connectivity index is 1.70. The van der Waals surface area contributed by atoms with Crippen LogP contribution in [-0.4, -0.2) is 30.5 Å². The second-order valence-electron chi connectivity index (χ2n) is 6.19. The zero-order valence-corrected chi connectivity index (χ0v) is 14.5. The van der Waals surface area contributed by atoms with Crippen molar-refractivity contribution in [2.45, 2.75) is 51.7 Å². The highest BCUT2D eigenvalue weighted by molar-refractivity contribution is 9.10. The second-order valence-corrected chi connectivity index (χ2v) is 6.98. The summed E-state index contributed by atoms with van der Waals surface area (Å²) in [4.78, 5) is 0. The summed E-state index contributed by atoms with van der Waals surface area (Å²) in [5, 5.41) is 13.3. The van der Waals surface area contributed by atoms with E-state index in [9.17, 15) is 5.11 Å². The number of rotatable bonds is 6. The molecule has 1 unspecified atom stereocenters. The molecule has 0 aromatic heterocycles. The van der Waals surface area contributed by atoms with Crippen molar-refractivity contribution in [2.75, 3.05) is 18.5 Å². The van der Waals surface area contributed by atoms with Gasteiger partial charge in [0.2, 0.25) is 0 Å². The van der Waals surface area contributed by atoms with Crippen molar-refractivity contribution in [1.29, 1.82) is 0 Å². The molecule has 118 valence electrons. The monoisotopic (exact) mass is 355 g/mol. The molecular weight excluding hydrogens is 330 g/mol. The van der Waals surface area contributed by atoms with Gasteiger partial charge < -0.3 is 15.2 Å². The van der Waals surface area contributed by atoms with E-state index >= 15 is 0 Å². The van der Waals surface area contributed by atoms with Crippen LogP contribution < -0.4 is 5.32 Å². The van der Waals surface area contributed by atoms with Crippen molar-refractivity contribution in [2.24, 2.45) is 5.92 Å². The number of nitrogens with one attached hydrogen (secondary N) is 1. The Labute approximate surface area is 136 Å². The lowest BCUT2D eigenvalue weighted by atomic mass is 9.89. The summed E-state index contributed by atoms with van der Waals surface area (Å²) in [6.45, 7) is 5.27. The first kappa shape index (κ1) is 16.8. The minimum atomic E-state index is -0.475. The van der Waals surface area contributed by atoms with Crippen LogP contribution in [0.4, 0.5) is 5.69 Å². The molecule has 1 aliphatic carbocycles. The highest BCUT2D eigenvalue weighted by Gasteiger charge is 2.19. The summed E-state index contributed by atoms with van der Waals surface area (Å²) >= 11 is 3.56. The Morgan fingerprint density at radius 1 is 1.33 bits per heavy atom. The fourth-order valence-electron chi connectivity index (χ4n) is 2.71. The first-order valence-corrected chi connectivity index (χ1v) is 8.64. The number of hydrogen-bond donors (Lipinski definition) is 2. The van der Waals surface area contributed by atoms with Gasteiger partial charge >= 0.3 is 0 Å². The topological polar surface area (TPSA) is 41.5 Å². The van der Waals surface area contributed by atoms with Gasteiger partial charge in [-0.25, -0.2) is 0 Å². The van der Waals surface area contributed by atoms with Crippen molar-refractivity contribution < 1.29 is 9.84 Å². The quantitative estimate of drug-likeness (QED) is 0.806. The number of halogens is 1. The average molecular weight is 356 g/mol. The van der Waals surface area contributed by atoms with Gasteiger partial charge in [-0.2, -0.15) is 0 Å². The molecule has 1 aliphatic rings. The molecular formula is C17H26BrNO2. The zero-order valence-electron chi connectivity index (χ0n) is 12.9. The minimum absolute atomic E-state index is 0.335. The summed E-state index contributed by atoms with van der Waals surface area (Å²) < 4.78 is 6.89. The average Bonchev–Trinajstić information content (AvgIpc) is 2.48. The fourth-order valence-corrected chi connectivity index (χ4v) is 3.12. The van der Waals surface area contributed by atoms with Gasteiger partial charge in [-0.3, -0.25) is 0 Å². The number of anilines is 1. The molecule has 2 rings (SSSR count). The molecule has 1 fully saturated rings. The van der Waals surface area contributed by atoms with Crippen LogP contribution >= 0.6 is 15.9 Å². The maximum absolute atomic E-state index is 10.1. The molecule has 0 bridgehead atoms. The van der Waals surface area contributed by atoms with Gasteiger partial charge in [-0.05, 0) is 66.1 Å². The van der Waals surface area contributed by atoms with Crippen molar-refractivity contribution in [3.63, 3.8) is 0 Å². The number of ether oxygens (including phenoxy) is 1. The first-order chi connectivity index (χ1) is 10.1. The Hall–Kier alpha value is -0.580. The predicted molar refractivity (Wildman–Crippen MR) is 90.7 cm³/mol. The van der Waals surface area contributed by atoms with E-state index in [2.05, 4.69) is 41.2 Å². The Kier molecular flexibility index (Phi) is 6.52. The summed E-state index contributed by atoms with van der Waals surface area (Å²) in [7, 11) is 0. The van der Waals surface area contributed by atoms with E-state index in [1.165, 1.54) is 18.4 Å². The lowest BCUT2D eigenvalue weighted by Gasteiger charge is -2.27. The Bertz CT molecular complexity index is 444. The molecule has 4 heteroatoms. The summed E-state index contributed by atoms with van der Waals surface area (Å²) in [5.41, 5.74) is 2.20. The van der Waals surface area contributed by atoms with Crippen LogP contribution in [0.3, 0.4) is 0 Å². The molecule has 1 saturated carbocycles. The van der Waals surface area contributed by atoms with E-state index < -0.39 is 6.10 Å². The number of aryl methyl sites for hydroxylation is 1. The summed E-state index contributed by atoms with van der Waals surface area (Å²) in [6.07, 6.45) is 4.61. The van der Waals surface area contributed by atoms with Crippen LogP contribution in [0.2, 0.25) is 0 Å². The summed E-state index contributed by atoms with van der Waals surface area (Å²) in [6, 6.07) is 6.07. The number of hydrogen-bond acceptors (Lipinski definition) is 3. The number of aliphatic hydroxyl groups is 1. The third kappa shape index (κ3) is 5.28. The summed E-state index contributed by atoms with van der Waals surface area (Å²) in [5.74, 6) is 0.829. The van der Waals surface area contributed by atoms with Gasteiger partial charge in [0.15, 0.2) is 0 Å². The van der Waals surface area contributed by atoms with Gasteiger partial charge in [0.05, 0.1) is 18.8 Å². The molecule has 0 amide bonds. The van der Waals surface area contributed by atoms with E-state index in [0.717, 1.165) is 28.9 Å². The molecule has 1 aromatic carbocycles. The largest absolute Gasteiger partial charge is 0.389 e. The van der Waals surface area contributed by atoms with E-state index in [0.29, 0.717) is 19.3 Å². The van der Waals surface area contributed by atoms with Gasteiger partial charge in [-0.1, -0.05) is 19.1 Å². The van der Waals surface area contributed by atoms with Crippen LogP contribution in [0, 0.1) is 12.8 Å². The molecule has 3 nitrogen and oxygen atoms in total. The van der Waals surface area contributed by atoms with Crippen LogP contribution in [0.15, 0.2) is 22.7 Å². The molecule has 0 heterocycles. The molecule has 0 spiro atoms. The van der Waals surface area contributed by atoms with Crippen molar-refractivity contribution in [1.82, 2.24) is 0 Å². The zero-order chi connectivity index (χ0) is 15.2. The molecule has 2 N–H and O–H groups in total. The molecule has 1 aromatic rings. The van der Waals surface area contributed by atoms with Crippen LogP contribution in [0.1, 0.15) is 38.2 Å². The van der Waals surface area contributed by atoms with E-state index in [1.54, 1.807) is 0 Å². The third-order valence-corrected chi connectivity index (χ3v) is 5.26. The van der Waals surface area contributed by atoms with Crippen molar-refractivity contribution >= 4 is 21.6 Å². The van der Waals surface area contributed by atoms with Gasteiger partial charge in [0, 0.05) is 16.7 Å². The van der Waals surface area contributed by atoms with E-state index in [-0.39, 0.29) is 0 Å². The standard InChI is InChI=1S/C17H26BrNO2/c1-12-6-8-15(9-7-12)21-11-14(20)10-19-16-5-3-4-13(2)17(16)18/h3-5,12,14-15,19-20H,6-11H2,1-2H3. The molecule has 0 radical (unpaired) electrons. The molecule has 0 saturated heterocycles. The third-order valence-electron chi connectivity index (χ3n) is 4.21. The maximum Gasteiger partial charge on any atom is 0.0945 e. The number of aliphatic hydroxyl groups excluding tert-OH is 1. The highest BCUT2D eigenvalue weighted by Crippen LogP contribution is 2.26. The van der Waals surface area contributed by atoms with Crippen LogP contribution in [0.25, 0.3) is 0 Å². The van der Waals surface area contributed by atoms with E-state index in [1.807, 2.05) is 12.1 Å². The lowest BCUT2D eigenvalue weighted by Crippen LogP contribution is -2.29. The maximum atomic E-state index is 10.1. The molecule has 21 heavy (non-hydrogen) atoms. The fraction of sp³-hybridized carbons (Fsp3) is 0.647. The first-order valence-electron chi connectivity index (χ1n) is 7.85. The predicted octanol–water partition coefficient (Wildman–Crippen LogP) is 4.13. The Morgan fingerprint density at radius 3 is 2.76 bits per heavy atom. The normalized spacial score (nSPS) is 23.8. The minimum Gasteiger partial charge on any atom is -0.389 e. The second kappa shape index (κ2) is 8.16. The smallest absolute Gasteiger partial charge is 0.0945 e. The van der Waals surface area contributed by atoms with Crippen molar-refractivity contribution in [3.05, 3.63) is 28.2 Å². The number of benzene rings is 1. The molecule has 0 aliphatic heterocycles. The van der Waals surface area contributed by atoms with Crippen molar-refractivity contribution in [3.8, 4) is 0 Å². The highest BCUT2D eigenvalue weighted by atomic mass is 79.9. The van der Waals surface area contributed by atoms with Gasteiger partial charge in [0.25, 0.3) is 0 Å².